The number of benzene rings is 2. The summed E-state index contributed by atoms with van der Waals surface area (Å²) in [7, 11) is 0. The lowest BCUT2D eigenvalue weighted by molar-refractivity contribution is 0.144. The normalized spacial score (nSPS) is 11.4. The van der Waals surface area contributed by atoms with Gasteiger partial charge in [-0.15, -0.1) is 0 Å². The molecule has 0 aliphatic heterocycles. The molecule has 0 aliphatic rings. The molecule has 0 amide bonds. The highest BCUT2D eigenvalue weighted by Crippen LogP contribution is 2.32. The van der Waals surface area contributed by atoms with Crippen molar-refractivity contribution in [2.24, 2.45) is 0 Å². The Morgan fingerprint density at radius 2 is 1.70 bits per heavy atom. The minimum atomic E-state index is -2.91. The van der Waals surface area contributed by atoms with Crippen molar-refractivity contribution >= 4 is 12.2 Å². The number of halogens is 3. The van der Waals surface area contributed by atoms with Gasteiger partial charge in [-0.05, 0) is 36.1 Å². The van der Waals surface area contributed by atoms with Gasteiger partial charge in [0.2, 0.25) is 0 Å². The Bertz CT molecular complexity index is 676. The number of hydrogen-bond acceptors (Lipinski definition) is 1. The molecule has 0 radical (unpaired) electrons. The van der Waals surface area contributed by atoms with Crippen molar-refractivity contribution in [2.75, 3.05) is 6.61 Å². The van der Waals surface area contributed by atoms with Gasteiger partial charge in [0.25, 0.3) is 6.43 Å². The first-order valence-corrected chi connectivity index (χ1v) is 7.57. The van der Waals surface area contributed by atoms with Crippen molar-refractivity contribution in [3.8, 4) is 5.75 Å². The number of aryl methyl sites for hydroxylation is 1. The third-order valence-electron chi connectivity index (χ3n) is 3.54. The number of rotatable bonds is 6. The van der Waals surface area contributed by atoms with Gasteiger partial charge in [0.1, 0.15) is 0 Å². The lowest BCUT2D eigenvalue weighted by Gasteiger charge is -2.11. The summed E-state index contributed by atoms with van der Waals surface area (Å²) in [6, 6.07) is 10.6. The van der Waals surface area contributed by atoms with Crippen LogP contribution in [0.5, 0.6) is 5.75 Å². The minimum Gasteiger partial charge on any atom is -0.491 e. The van der Waals surface area contributed by atoms with E-state index in [-0.39, 0.29) is 17.9 Å². The fourth-order valence-corrected chi connectivity index (χ4v) is 2.27. The molecule has 23 heavy (non-hydrogen) atoms. The average Bonchev–Trinajstić information content (AvgIpc) is 2.55. The first-order valence-electron chi connectivity index (χ1n) is 7.57. The first-order chi connectivity index (χ1) is 11.1. The highest BCUT2D eigenvalue weighted by atomic mass is 19.3. The Kier molecular flexibility index (Phi) is 5.85. The average molecular weight is 320 g/mol. The second-order valence-electron chi connectivity index (χ2n) is 5.04. The lowest BCUT2D eigenvalue weighted by atomic mass is 10.0. The number of ether oxygens (including phenoxy) is 1. The third kappa shape index (κ3) is 4.15. The van der Waals surface area contributed by atoms with Gasteiger partial charge in [-0.2, -0.15) is 0 Å². The maximum absolute atomic E-state index is 14.2. The molecule has 2 rings (SSSR count). The van der Waals surface area contributed by atoms with E-state index < -0.39 is 17.8 Å². The summed E-state index contributed by atoms with van der Waals surface area (Å²) < 4.78 is 45.6. The highest BCUT2D eigenvalue weighted by Gasteiger charge is 2.20. The van der Waals surface area contributed by atoms with E-state index in [1.165, 1.54) is 23.8 Å². The van der Waals surface area contributed by atoms with Crippen molar-refractivity contribution in [3.63, 3.8) is 0 Å². The van der Waals surface area contributed by atoms with Crippen LogP contribution in [0.15, 0.2) is 36.4 Å². The second kappa shape index (κ2) is 7.86. The van der Waals surface area contributed by atoms with E-state index in [0.29, 0.717) is 0 Å². The second-order valence-corrected chi connectivity index (χ2v) is 5.04. The summed E-state index contributed by atoms with van der Waals surface area (Å²) >= 11 is 0. The van der Waals surface area contributed by atoms with Crippen LogP contribution in [-0.2, 0) is 6.42 Å². The molecule has 0 saturated heterocycles. The molecule has 0 atom stereocenters. The molecule has 0 heterocycles. The Balaban J connectivity index is 2.34. The predicted octanol–water partition coefficient (Wildman–Crippen LogP) is 5.89. The van der Waals surface area contributed by atoms with Crippen LogP contribution in [0, 0.1) is 5.82 Å². The van der Waals surface area contributed by atoms with Crippen LogP contribution < -0.4 is 4.74 Å². The fraction of sp³-hybridized carbons (Fsp3) is 0.263. The number of hydrogen-bond donors (Lipinski definition) is 0. The van der Waals surface area contributed by atoms with Crippen LogP contribution in [0.25, 0.3) is 12.2 Å². The molecule has 2 aromatic rings. The molecule has 1 nitrogen and oxygen atoms in total. The Hall–Kier alpha value is -2.23. The standard InChI is InChI=1S/C19H19F3O/c1-3-13-5-7-14(8-6-13)9-10-15-11-12-16(23-4-2)18(20)17(15)19(21)22/h5-12,19H,3-4H2,1-2H3. The molecule has 2 aromatic carbocycles. The van der Waals surface area contributed by atoms with E-state index >= 15 is 0 Å². The molecular formula is C19H19F3O. The number of alkyl halides is 2. The van der Waals surface area contributed by atoms with Crippen LogP contribution in [0.4, 0.5) is 13.2 Å². The van der Waals surface area contributed by atoms with E-state index in [4.69, 9.17) is 4.74 Å². The molecule has 0 aliphatic carbocycles. The predicted molar refractivity (Wildman–Crippen MR) is 87.3 cm³/mol. The smallest absolute Gasteiger partial charge is 0.267 e. The zero-order valence-corrected chi connectivity index (χ0v) is 13.2. The Labute approximate surface area is 134 Å². The van der Waals surface area contributed by atoms with Gasteiger partial charge >= 0.3 is 0 Å². The van der Waals surface area contributed by atoms with E-state index in [2.05, 4.69) is 6.92 Å². The summed E-state index contributed by atoms with van der Waals surface area (Å²) in [5, 5.41) is 0. The molecule has 122 valence electrons. The monoisotopic (exact) mass is 320 g/mol. The van der Waals surface area contributed by atoms with Gasteiger partial charge in [-0.1, -0.05) is 49.4 Å². The fourth-order valence-electron chi connectivity index (χ4n) is 2.27. The zero-order chi connectivity index (χ0) is 16.8. The van der Waals surface area contributed by atoms with Gasteiger partial charge in [-0.3, -0.25) is 0 Å². The molecule has 0 bridgehead atoms. The van der Waals surface area contributed by atoms with Gasteiger partial charge in [0.15, 0.2) is 11.6 Å². The lowest BCUT2D eigenvalue weighted by Crippen LogP contribution is -2.01. The summed E-state index contributed by atoms with van der Waals surface area (Å²) in [5.41, 5.74) is 1.59. The van der Waals surface area contributed by atoms with Gasteiger partial charge in [0, 0.05) is 0 Å². The van der Waals surface area contributed by atoms with Crippen molar-refractivity contribution in [1.29, 1.82) is 0 Å². The SMILES string of the molecule is CCOc1ccc(C=Cc2ccc(CC)cc2)c(C(F)F)c1F. The molecule has 4 heteroatoms. The van der Waals surface area contributed by atoms with E-state index in [0.717, 1.165) is 12.0 Å². The zero-order valence-electron chi connectivity index (χ0n) is 13.2. The van der Waals surface area contributed by atoms with Crippen molar-refractivity contribution < 1.29 is 17.9 Å². The van der Waals surface area contributed by atoms with Crippen LogP contribution >= 0.6 is 0 Å². The van der Waals surface area contributed by atoms with E-state index in [1.807, 2.05) is 24.3 Å². The van der Waals surface area contributed by atoms with Crippen LogP contribution in [0.2, 0.25) is 0 Å². The summed E-state index contributed by atoms with van der Waals surface area (Å²) in [6.07, 6.45) is 1.23. The van der Waals surface area contributed by atoms with Crippen LogP contribution in [0.1, 0.15) is 42.5 Å². The van der Waals surface area contributed by atoms with Crippen molar-refractivity contribution in [1.82, 2.24) is 0 Å². The Morgan fingerprint density at radius 1 is 1.00 bits per heavy atom. The molecule has 0 N–H and O–H groups in total. The van der Waals surface area contributed by atoms with Gasteiger partial charge < -0.3 is 4.74 Å². The minimum absolute atomic E-state index is 0.146. The summed E-state index contributed by atoms with van der Waals surface area (Å²) in [4.78, 5) is 0. The highest BCUT2D eigenvalue weighted by molar-refractivity contribution is 5.72. The largest absolute Gasteiger partial charge is 0.491 e. The molecule has 0 unspecified atom stereocenters. The molecule has 0 aromatic heterocycles. The third-order valence-corrected chi connectivity index (χ3v) is 3.54. The summed E-state index contributed by atoms with van der Waals surface area (Å²) in [5.74, 6) is -1.14. The van der Waals surface area contributed by atoms with E-state index in [1.54, 1.807) is 13.0 Å². The van der Waals surface area contributed by atoms with Gasteiger partial charge in [-0.25, -0.2) is 13.2 Å². The molecule has 0 spiro atoms. The molecule has 0 saturated carbocycles. The van der Waals surface area contributed by atoms with Crippen molar-refractivity contribution in [3.05, 3.63) is 64.5 Å². The first kappa shape index (κ1) is 17.1. The van der Waals surface area contributed by atoms with E-state index in [9.17, 15) is 13.2 Å². The molecule has 0 fully saturated rings. The van der Waals surface area contributed by atoms with Crippen LogP contribution in [-0.4, -0.2) is 6.61 Å². The van der Waals surface area contributed by atoms with Crippen LogP contribution in [0.3, 0.4) is 0 Å². The topological polar surface area (TPSA) is 9.23 Å². The maximum Gasteiger partial charge on any atom is 0.267 e. The van der Waals surface area contributed by atoms with Gasteiger partial charge in [0.05, 0.1) is 12.2 Å². The quantitative estimate of drug-likeness (QED) is 0.603. The van der Waals surface area contributed by atoms with Crippen molar-refractivity contribution in [2.45, 2.75) is 26.7 Å². The molecular weight excluding hydrogens is 301 g/mol. The Morgan fingerprint density at radius 3 is 2.26 bits per heavy atom. The summed E-state index contributed by atoms with van der Waals surface area (Å²) in [6.45, 7) is 3.95. The maximum atomic E-state index is 14.2.